The van der Waals surface area contributed by atoms with Crippen molar-refractivity contribution in [2.45, 2.75) is 26.4 Å². The van der Waals surface area contributed by atoms with E-state index in [9.17, 15) is 9.90 Å². The molecule has 0 aliphatic rings. The van der Waals surface area contributed by atoms with Gasteiger partial charge >= 0.3 is 0 Å². The van der Waals surface area contributed by atoms with Gasteiger partial charge in [0.05, 0.1) is 5.69 Å². The molecular formula is C16H19N3O3. The Kier molecular flexibility index (Phi) is 4.42. The molecule has 6 heteroatoms. The van der Waals surface area contributed by atoms with Crippen LogP contribution in [0.25, 0.3) is 11.3 Å². The van der Waals surface area contributed by atoms with Crippen LogP contribution in [0.15, 0.2) is 30.3 Å². The number of aromatic nitrogens is 2. The molecule has 1 aromatic carbocycles. The molecule has 0 atom stereocenters. The van der Waals surface area contributed by atoms with E-state index < -0.39 is 5.60 Å². The van der Waals surface area contributed by atoms with Crippen molar-refractivity contribution in [3.8, 4) is 17.0 Å². The molecule has 0 fully saturated rings. The number of para-hydroxylation sites is 1. The summed E-state index contributed by atoms with van der Waals surface area (Å²) in [6.07, 6.45) is 0. The number of nitrogens with one attached hydrogen (secondary N) is 1. The summed E-state index contributed by atoms with van der Waals surface area (Å²) in [6, 6.07) is 8.61. The summed E-state index contributed by atoms with van der Waals surface area (Å²) in [5, 5.41) is 20.7. The van der Waals surface area contributed by atoms with Gasteiger partial charge < -0.3 is 15.2 Å². The van der Waals surface area contributed by atoms with E-state index in [0.717, 1.165) is 5.56 Å². The molecule has 0 aliphatic carbocycles. The summed E-state index contributed by atoms with van der Waals surface area (Å²) in [4.78, 5) is 12.0. The molecule has 2 N–H and O–H groups in total. The maximum atomic E-state index is 12.0. The third kappa shape index (κ3) is 3.23. The minimum absolute atomic E-state index is 0.136. The molecular weight excluding hydrogens is 282 g/mol. The Balaban J connectivity index is 2.28. The van der Waals surface area contributed by atoms with Gasteiger partial charge in [-0.25, -0.2) is 0 Å². The highest BCUT2D eigenvalue weighted by atomic mass is 16.5. The normalized spacial score (nSPS) is 11.3. The SMILES string of the molecule is COC(C)(C)C(=O)Nc1cc(C)c(-c2ccccc2O)nn1. The first kappa shape index (κ1) is 15.9. The number of hydrogen-bond acceptors (Lipinski definition) is 5. The van der Waals surface area contributed by atoms with Crippen LogP contribution < -0.4 is 5.32 Å². The van der Waals surface area contributed by atoms with E-state index in [2.05, 4.69) is 15.5 Å². The second kappa shape index (κ2) is 6.11. The van der Waals surface area contributed by atoms with Crippen molar-refractivity contribution in [2.75, 3.05) is 12.4 Å². The first-order chi connectivity index (χ1) is 10.3. The van der Waals surface area contributed by atoms with Crippen LogP contribution >= 0.6 is 0 Å². The molecule has 1 aromatic heterocycles. The maximum Gasteiger partial charge on any atom is 0.257 e. The minimum atomic E-state index is -0.952. The zero-order valence-electron chi connectivity index (χ0n) is 13.0. The van der Waals surface area contributed by atoms with Gasteiger partial charge in [0, 0.05) is 12.7 Å². The summed E-state index contributed by atoms with van der Waals surface area (Å²) in [5.41, 5.74) is 1.01. The highest BCUT2D eigenvalue weighted by molar-refractivity contribution is 5.96. The van der Waals surface area contributed by atoms with Crippen LogP contribution in [0, 0.1) is 6.92 Å². The van der Waals surface area contributed by atoms with E-state index in [1.807, 2.05) is 13.0 Å². The third-order valence-electron chi connectivity index (χ3n) is 3.44. The second-order valence-electron chi connectivity index (χ2n) is 5.45. The van der Waals surface area contributed by atoms with Crippen LogP contribution in [0.4, 0.5) is 5.82 Å². The lowest BCUT2D eigenvalue weighted by atomic mass is 10.1. The predicted molar refractivity (Wildman–Crippen MR) is 83.6 cm³/mol. The average Bonchev–Trinajstić information content (AvgIpc) is 2.48. The number of aryl methyl sites for hydroxylation is 1. The van der Waals surface area contributed by atoms with Crippen molar-refractivity contribution in [1.29, 1.82) is 0 Å². The number of ether oxygens (including phenoxy) is 1. The number of anilines is 1. The number of amides is 1. The van der Waals surface area contributed by atoms with Gasteiger partial charge in [0.25, 0.3) is 5.91 Å². The van der Waals surface area contributed by atoms with Crippen molar-refractivity contribution in [2.24, 2.45) is 0 Å². The fraction of sp³-hybridized carbons (Fsp3) is 0.312. The highest BCUT2D eigenvalue weighted by Crippen LogP contribution is 2.29. The van der Waals surface area contributed by atoms with Gasteiger partial charge in [0.15, 0.2) is 5.82 Å². The van der Waals surface area contributed by atoms with Crippen molar-refractivity contribution in [3.63, 3.8) is 0 Å². The molecule has 0 saturated heterocycles. The van der Waals surface area contributed by atoms with Crippen LogP contribution in [0.2, 0.25) is 0 Å². The van der Waals surface area contributed by atoms with Crippen LogP contribution in [-0.2, 0) is 9.53 Å². The highest BCUT2D eigenvalue weighted by Gasteiger charge is 2.27. The second-order valence-corrected chi connectivity index (χ2v) is 5.45. The van der Waals surface area contributed by atoms with Gasteiger partial charge in [-0.05, 0) is 44.5 Å². The number of nitrogens with zero attached hydrogens (tertiary/aromatic N) is 2. The van der Waals surface area contributed by atoms with Crippen molar-refractivity contribution in [1.82, 2.24) is 10.2 Å². The molecule has 22 heavy (non-hydrogen) atoms. The predicted octanol–water partition coefficient (Wildman–Crippen LogP) is 2.52. The molecule has 0 aliphatic heterocycles. The molecule has 1 amide bonds. The first-order valence-corrected chi connectivity index (χ1v) is 6.84. The van der Waals surface area contributed by atoms with Gasteiger partial charge in [0.1, 0.15) is 11.4 Å². The molecule has 6 nitrogen and oxygen atoms in total. The van der Waals surface area contributed by atoms with Gasteiger partial charge in [-0.1, -0.05) is 12.1 Å². The van der Waals surface area contributed by atoms with E-state index in [0.29, 0.717) is 17.1 Å². The number of hydrogen-bond donors (Lipinski definition) is 2. The largest absolute Gasteiger partial charge is 0.507 e. The number of carbonyl (C=O) groups is 1. The molecule has 116 valence electrons. The summed E-state index contributed by atoms with van der Waals surface area (Å²) in [7, 11) is 1.47. The summed E-state index contributed by atoms with van der Waals surface area (Å²) >= 11 is 0. The van der Waals surface area contributed by atoms with E-state index in [4.69, 9.17) is 4.74 Å². The standard InChI is InChI=1S/C16H19N3O3/c1-10-9-13(17-15(21)16(2,3)22-4)18-19-14(10)11-7-5-6-8-12(11)20/h5-9,20H,1-4H3,(H,17,18,21). The van der Waals surface area contributed by atoms with E-state index in [1.165, 1.54) is 7.11 Å². The monoisotopic (exact) mass is 301 g/mol. The topological polar surface area (TPSA) is 84.3 Å². The van der Waals surface area contributed by atoms with Gasteiger partial charge in [-0.3, -0.25) is 4.79 Å². The number of aromatic hydroxyl groups is 1. The third-order valence-corrected chi connectivity index (χ3v) is 3.44. The number of carbonyl (C=O) groups excluding carboxylic acids is 1. The van der Waals surface area contributed by atoms with Crippen LogP contribution in [0.1, 0.15) is 19.4 Å². The molecule has 0 bridgehead atoms. The molecule has 0 radical (unpaired) electrons. The van der Waals surface area contributed by atoms with Crippen LogP contribution in [0.5, 0.6) is 5.75 Å². The smallest absolute Gasteiger partial charge is 0.257 e. The summed E-state index contributed by atoms with van der Waals surface area (Å²) in [5.74, 6) is 0.169. The van der Waals surface area contributed by atoms with Crippen molar-refractivity contribution < 1.29 is 14.6 Å². The fourth-order valence-corrected chi connectivity index (χ4v) is 1.85. The first-order valence-electron chi connectivity index (χ1n) is 6.84. The lowest BCUT2D eigenvalue weighted by molar-refractivity contribution is -0.133. The van der Waals surface area contributed by atoms with Crippen LogP contribution in [0.3, 0.4) is 0 Å². The van der Waals surface area contributed by atoms with Crippen LogP contribution in [-0.4, -0.2) is 33.9 Å². The molecule has 0 unspecified atom stereocenters. The van der Waals surface area contributed by atoms with Gasteiger partial charge in [-0.15, -0.1) is 10.2 Å². The lowest BCUT2D eigenvalue weighted by Crippen LogP contribution is -2.39. The number of rotatable bonds is 4. The molecule has 0 spiro atoms. The Morgan fingerprint density at radius 3 is 2.55 bits per heavy atom. The van der Waals surface area contributed by atoms with E-state index in [1.54, 1.807) is 38.1 Å². The van der Waals surface area contributed by atoms with Crippen molar-refractivity contribution in [3.05, 3.63) is 35.9 Å². The Morgan fingerprint density at radius 2 is 1.95 bits per heavy atom. The molecule has 2 rings (SSSR count). The van der Waals surface area contributed by atoms with Crippen molar-refractivity contribution >= 4 is 11.7 Å². The summed E-state index contributed by atoms with van der Waals surface area (Å²) in [6.45, 7) is 5.17. The fourth-order valence-electron chi connectivity index (χ4n) is 1.85. The molecule has 2 aromatic rings. The number of phenolic OH excluding ortho intramolecular Hbond substituents is 1. The Labute approximate surface area is 129 Å². The number of benzene rings is 1. The maximum absolute atomic E-state index is 12.0. The molecule has 1 heterocycles. The van der Waals surface area contributed by atoms with E-state index in [-0.39, 0.29) is 11.7 Å². The van der Waals surface area contributed by atoms with Gasteiger partial charge in [0.2, 0.25) is 0 Å². The Bertz CT molecular complexity index is 699. The van der Waals surface area contributed by atoms with E-state index >= 15 is 0 Å². The average molecular weight is 301 g/mol. The zero-order chi connectivity index (χ0) is 16.3. The Hall–Kier alpha value is -2.47. The Morgan fingerprint density at radius 1 is 1.27 bits per heavy atom. The minimum Gasteiger partial charge on any atom is -0.507 e. The summed E-state index contributed by atoms with van der Waals surface area (Å²) < 4.78 is 5.12. The molecule has 0 saturated carbocycles. The zero-order valence-corrected chi connectivity index (χ0v) is 13.0. The quantitative estimate of drug-likeness (QED) is 0.906. The lowest BCUT2D eigenvalue weighted by Gasteiger charge is -2.21. The van der Waals surface area contributed by atoms with Gasteiger partial charge in [-0.2, -0.15) is 0 Å². The number of methoxy groups -OCH3 is 1. The number of phenols is 1.